The molecule has 0 spiro atoms. The van der Waals surface area contributed by atoms with E-state index in [1.165, 1.54) is 0 Å². The normalized spacial score (nSPS) is 22.1. The van der Waals surface area contributed by atoms with Gasteiger partial charge >= 0.3 is 0 Å². The molecule has 1 amide bonds. The van der Waals surface area contributed by atoms with Gasteiger partial charge in [0.15, 0.2) is 0 Å². The molecule has 0 bridgehead atoms. The summed E-state index contributed by atoms with van der Waals surface area (Å²) in [5.41, 5.74) is 7.53. The van der Waals surface area contributed by atoms with Crippen molar-refractivity contribution in [3.8, 4) is 0 Å². The molecule has 1 aromatic carbocycles. The highest BCUT2D eigenvalue weighted by Crippen LogP contribution is 2.28. The van der Waals surface area contributed by atoms with Crippen LogP contribution in [0.25, 0.3) is 10.9 Å². The van der Waals surface area contributed by atoms with Crippen LogP contribution in [0.1, 0.15) is 19.3 Å². The molecule has 3 N–H and O–H groups in total. The second kappa shape index (κ2) is 5.50. The fourth-order valence-corrected chi connectivity index (χ4v) is 3.12. The van der Waals surface area contributed by atoms with E-state index in [1.807, 2.05) is 24.3 Å². The lowest BCUT2D eigenvalue weighted by Gasteiger charge is -2.16. The first-order valence-corrected chi connectivity index (χ1v) is 7.55. The van der Waals surface area contributed by atoms with E-state index in [0.717, 1.165) is 40.3 Å². The van der Waals surface area contributed by atoms with Crippen molar-refractivity contribution in [2.24, 2.45) is 11.7 Å². The number of nitrogens with zero attached hydrogens (tertiary/aromatic N) is 1. The topological polar surface area (TPSA) is 68.0 Å². The van der Waals surface area contributed by atoms with Crippen LogP contribution < -0.4 is 11.1 Å². The molecular weight excluding hydrogens is 318 g/mol. The number of benzene rings is 1. The molecule has 104 valence electrons. The summed E-state index contributed by atoms with van der Waals surface area (Å²) in [5.74, 6) is -0.0760. The van der Waals surface area contributed by atoms with Crippen molar-refractivity contribution in [3.05, 3.63) is 34.9 Å². The molecule has 1 heterocycles. The molecule has 1 saturated carbocycles. The molecule has 0 radical (unpaired) electrons. The van der Waals surface area contributed by atoms with Crippen LogP contribution in [0.5, 0.6) is 0 Å². The number of amides is 1. The van der Waals surface area contributed by atoms with E-state index in [1.54, 1.807) is 6.20 Å². The van der Waals surface area contributed by atoms with E-state index in [9.17, 15) is 4.79 Å². The Morgan fingerprint density at radius 1 is 1.40 bits per heavy atom. The quantitative estimate of drug-likeness (QED) is 0.887. The van der Waals surface area contributed by atoms with Gasteiger partial charge in [-0.1, -0.05) is 18.6 Å². The van der Waals surface area contributed by atoms with Crippen LogP contribution in [0, 0.1) is 5.92 Å². The zero-order valence-corrected chi connectivity index (χ0v) is 12.6. The van der Waals surface area contributed by atoms with Gasteiger partial charge in [0.2, 0.25) is 5.91 Å². The van der Waals surface area contributed by atoms with E-state index >= 15 is 0 Å². The molecule has 3 rings (SSSR count). The third-order valence-corrected chi connectivity index (χ3v) is 4.28. The number of aromatic nitrogens is 1. The maximum atomic E-state index is 12.3. The SMILES string of the molecule is NC1CCCC1C(=O)Nc1cccc2cc(Br)cnc12. The molecule has 0 aliphatic heterocycles. The molecule has 20 heavy (non-hydrogen) atoms. The third-order valence-electron chi connectivity index (χ3n) is 3.84. The average Bonchev–Trinajstić information content (AvgIpc) is 2.85. The maximum Gasteiger partial charge on any atom is 0.229 e. The Balaban J connectivity index is 1.89. The molecule has 4 nitrogen and oxygen atoms in total. The first-order valence-electron chi connectivity index (χ1n) is 6.76. The van der Waals surface area contributed by atoms with Crippen molar-refractivity contribution in [1.82, 2.24) is 4.98 Å². The summed E-state index contributed by atoms with van der Waals surface area (Å²) in [5, 5.41) is 3.97. The number of carbonyl (C=O) groups is 1. The van der Waals surface area contributed by atoms with Crippen molar-refractivity contribution in [2.45, 2.75) is 25.3 Å². The largest absolute Gasteiger partial charge is 0.327 e. The molecule has 2 aromatic rings. The Hall–Kier alpha value is -1.46. The minimum absolute atomic E-state index is 0.00668. The van der Waals surface area contributed by atoms with Crippen LogP contribution >= 0.6 is 15.9 Å². The van der Waals surface area contributed by atoms with Crippen LogP contribution in [-0.4, -0.2) is 16.9 Å². The van der Waals surface area contributed by atoms with Crippen LogP contribution in [-0.2, 0) is 4.79 Å². The highest BCUT2D eigenvalue weighted by atomic mass is 79.9. The first-order chi connectivity index (χ1) is 9.65. The number of anilines is 1. The van der Waals surface area contributed by atoms with Crippen LogP contribution in [0.15, 0.2) is 34.9 Å². The second-order valence-corrected chi connectivity index (χ2v) is 6.14. The Morgan fingerprint density at radius 2 is 2.25 bits per heavy atom. The lowest BCUT2D eigenvalue weighted by Crippen LogP contribution is -2.34. The molecule has 5 heteroatoms. The monoisotopic (exact) mass is 333 g/mol. The minimum Gasteiger partial charge on any atom is -0.327 e. The molecule has 1 aliphatic carbocycles. The van der Waals surface area contributed by atoms with Crippen molar-refractivity contribution < 1.29 is 4.79 Å². The number of nitrogens with two attached hydrogens (primary N) is 1. The number of para-hydroxylation sites is 1. The van der Waals surface area contributed by atoms with Crippen LogP contribution in [0.3, 0.4) is 0 Å². The standard InChI is InChI=1S/C15H16BrN3O/c16-10-7-9-3-1-6-13(14(9)18-8-10)19-15(20)11-4-2-5-12(11)17/h1,3,6-8,11-12H,2,4-5,17H2,(H,19,20). The van der Waals surface area contributed by atoms with Crippen molar-refractivity contribution in [3.63, 3.8) is 0 Å². The number of nitrogens with one attached hydrogen (secondary N) is 1. The number of rotatable bonds is 2. The van der Waals surface area contributed by atoms with Gasteiger partial charge in [0.1, 0.15) is 0 Å². The molecular formula is C15H16BrN3O. The predicted octanol–water partition coefficient (Wildman–Crippen LogP) is 3.06. The van der Waals surface area contributed by atoms with Crippen LogP contribution in [0.2, 0.25) is 0 Å². The number of fused-ring (bicyclic) bond motifs is 1. The first kappa shape index (κ1) is 13.5. The average molecular weight is 334 g/mol. The smallest absolute Gasteiger partial charge is 0.229 e. The summed E-state index contributed by atoms with van der Waals surface area (Å²) in [6, 6.07) is 7.73. The van der Waals surface area contributed by atoms with E-state index in [0.29, 0.717) is 0 Å². The van der Waals surface area contributed by atoms with Gasteiger partial charge in [-0.3, -0.25) is 9.78 Å². The molecule has 1 fully saturated rings. The second-order valence-electron chi connectivity index (χ2n) is 5.22. The summed E-state index contributed by atoms with van der Waals surface area (Å²) in [6.45, 7) is 0. The van der Waals surface area contributed by atoms with E-state index < -0.39 is 0 Å². The third kappa shape index (κ3) is 2.55. The Bertz CT molecular complexity index is 659. The number of carbonyl (C=O) groups excluding carboxylic acids is 1. The summed E-state index contributed by atoms with van der Waals surface area (Å²) >= 11 is 3.40. The summed E-state index contributed by atoms with van der Waals surface area (Å²) < 4.78 is 0.922. The molecule has 2 atom stereocenters. The van der Waals surface area contributed by atoms with Gasteiger partial charge in [0.05, 0.1) is 17.1 Å². The van der Waals surface area contributed by atoms with Gasteiger partial charge in [-0.2, -0.15) is 0 Å². The zero-order valence-electron chi connectivity index (χ0n) is 11.0. The lowest BCUT2D eigenvalue weighted by atomic mass is 10.0. The molecule has 1 aliphatic rings. The van der Waals surface area contributed by atoms with Gasteiger partial charge < -0.3 is 11.1 Å². The van der Waals surface area contributed by atoms with Gasteiger partial charge in [0, 0.05) is 22.1 Å². The van der Waals surface area contributed by atoms with Gasteiger partial charge in [-0.25, -0.2) is 0 Å². The number of hydrogen-bond donors (Lipinski definition) is 2. The van der Waals surface area contributed by atoms with Gasteiger partial charge in [-0.05, 0) is 40.9 Å². The summed E-state index contributed by atoms with van der Waals surface area (Å²) in [4.78, 5) is 16.7. The number of halogens is 1. The van der Waals surface area contributed by atoms with E-state index in [-0.39, 0.29) is 17.9 Å². The lowest BCUT2D eigenvalue weighted by molar-refractivity contribution is -0.120. The fraction of sp³-hybridized carbons (Fsp3) is 0.333. The Morgan fingerprint density at radius 3 is 3.00 bits per heavy atom. The highest BCUT2D eigenvalue weighted by molar-refractivity contribution is 9.10. The Labute approximate surface area is 125 Å². The molecule has 2 unspecified atom stereocenters. The van der Waals surface area contributed by atoms with E-state index in [2.05, 4.69) is 26.2 Å². The highest BCUT2D eigenvalue weighted by Gasteiger charge is 2.30. The van der Waals surface area contributed by atoms with E-state index in [4.69, 9.17) is 5.73 Å². The van der Waals surface area contributed by atoms with Crippen LogP contribution in [0.4, 0.5) is 5.69 Å². The molecule has 0 saturated heterocycles. The van der Waals surface area contributed by atoms with Gasteiger partial charge in [0.25, 0.3) is 0 Å². The number of hydrogen-bond acceptors (Lipinski definition) is 3. The summed E-state index contributed by atoms with van der Waals surface area (Å²) in [6.07, 6.45) is 4.56. The minimum atomic E-state index is -0.0827. The van der Waals surface area contributed by atoms with Crippen molar-refractivity contribution in [2.75, 3.05) is 5.32 Å². The predicted molar refractivity (Wildman–Crippen MR) is 83.4 cm³/mol. The summed E-state index contributed by atoms with van der Waals surface area (Å²) in [7, 11) is 0. The maximum absolute atomic E-state index is 12.3. The molecule has 1 aromatic heterocycles. The van der Waals surface area contributed by atoms with Gasteiger partial charge in [-0.15, -0.1) is 0 Å². The van der Waals surface area contributed by atoms with Crippen molar-refractivity contribution >= 4 is 38.4 Å². The van der Waals surface area contributed by atoms with Crippen molar-refractivity contribution in [1.29, 1.82) is 0 Å². The number of pyridine rings is 1. The zero-order chi connectivity index (χ0) is 14.1. The Kier molecular flexibility index (Phi) is 3.72. The fourth-order valence-electron chi connectivity index (χ4n) is 2.77.